The van der Waals surface area contributed by atoms with Gasteiger partial charge < -0.3 is 10.4 Å². The lowest BCUT2D eigenvalue weighted by Crippen LogP contribution is -2.31. The third-order valence-corrected chi connectivity index (χ3v) is 5.37. The molecule has 1 aliphatic rings. The van der Waals surface area contributed by atoms with Crippen molar-refractivity contribution in [2.75, 3.05) is 11.9 Å². The molecule has 1 aromatic carbocycles. The Hall–Kier alpha value is -2.23. The van der Waals surface area contributed by atoms with Gasteiger partial charge in [0.15, 0.2) is 5.13 Å². The maximum absolute atomic E-state index is 12.5. The number of phenols is 1. The lowest BCUT2D eigenvalue weighted by molar-refractivity contribution is -0.122. The highest BCUT2D eigenvalue weighted by atomic mass is 32.2. The van der Waals surface area contributed by atoms with Gasteiger partial charge >= 0.3 is 0 Å². The molecule has 0 spiro atoms. The van der Waals surface area contributed by atoms with Crippen LogP contribution >= 0.6 is 35.3 Å². The number of thiocarbonyl (C=S) groups is 1. The van der Waals surface area contributed by atoms with Gasteiger partial charge in [0, 0.05) is 24.5 Å². The van der Waals surface area contributed by atoms with Gasteiger partial charge in [0.05, 0.1) is 4.91 Å². The number of phenolic OH excluding ortho intramolecular Hbond substituents is 1. The molecule has 0 aliphatic carbocycles. The second kappa shape index (κ2) is 7.77. The molecule has 0 atom stereocenters. The molecule has 2 amide bonds. The Kier molecular flexibility index (Phi) is 5.47. The molecule has 25 heavy (non-hydrogen) atoms. The number of benzene rings is 1. The van der Waals surface area contributed by atoms with Gasteiger partial charge in [0.25, 0.3) is 5.91 Å². The molecule has 1 fully saturated rings. The summed E-state index contributed by atoms with van der Waals surface area (Å²) in [6, 6.07) is 6.53. The van der Waals surface area contributed by atoms with Crippen molar-refractivity contribution in [3.8, 4) is 5.75 Å². The van der Waals surface area contributed by atoms with Crippen molar-refractivity contribution < 1.29 is 14.7 Å². The minimum Gasteiger partial charge on any atom is -0.508 e. The van der Waals surface area contributed by atoms with E-state index in [4.69, 9.17) is 12.2 Å². The fourth-order valence-electron chi connectivity index (χ4n) is 2.09. The average molecular weight is 391 g/mol. The number of nitrogens with zero attached hydrogens (tertiary/aromatic N) is 2. The number of rotatable bonds is 5. The van der Waals surface area contributed by atoms with Gasteiger partial charge in [-0.15, -0.1) is 11.3 Å². The summed E-state index contributed by atoms with van der Waals surface area (Å²) in [6.45, 7) is 0.217. The molecular formula is C16H13N3O3S3. The van der Waals surface area contributed by atoms with Gasteiger partial charge in [-0.3, -0.25) is 14.5 Å². The molecule has 2 N–H and O–H groups in total. The molecule has 0 bridgehead atoms. The number of aromatic hydroxyl groups is 1. The van der Waals surface area contributed by atoms with Crippen molar-refractivity contribution in [3.63, 3.8) is 0 Å². The second-order valence-corrected chi connectivity index (χ2v) is 7.63. The SMILES string of the molecule is O=C(CCN1C(=O)/C(=C/c2ccc(O)cc2)SC1=S)Nc1nccs1. The quantitative estimate of drug-likeness (QED) is 0.602. The van der Waals surface area contributed by atoms with E-state index in [1.54, 1.807) is 41.9 Å². The molecule has 3 rings (SSSR count). The van der Waals surface area contributed by atoms with Gasteiger partial charge in [0.1, 0.15) is 10.1 Å². The van der Waals surface area contributed by atoms with Crippen LogP contribution in [0.15, 0.2) is 40.7 Å². The summed E-state index contributed by atoms with van der Waals surface area (Å²) in [7, 11) is 0. The predicted octanol–water partition coefficient (Wildman–Crippen LogP) is 3.08. The van der Waals surface area contributed by atoms with E-state index in [1.165, 1.54) is 28.0 Å². The van der Waals surface area contributed by atoms with E-state index in [0.29, 0.717) is 14.4 Å². The number of carbonyl (C=O) groups is 2. The lowest BCUT2D eigenvalue weighted by Gasteiger charge is -2.13. The van der Waals surface area contributed by atoms with Crippen LogP contribution in [0.4, 0.5) is 5.13 Å². The minimum atomic E-state index is -0.217. The predicted molar refractivity (Wildman–Crippen MR) is 103 cm³/mol. The van der Waals surface area contributed by atoms with E-state index in [1.807, 2.05) is 0 Å². The number of anilines is 1. The zero-order valence-corrected chi connectivity index (χ0v) is 15.3. The van der Waals surface area contributed by atoms with E-state index in [2.05, 4.69) is 10.3 Å². The first-order valence-corrected chi connectivity index (χ1v) is 9.37. The third-order valence-electron chi connectivity index (χ3n) is 3.31. The van der Waals surface area contributed by atoms with Crippen LogP contribution < -0.4 is 5.32 Å². The van der Waals surface area contributed by atoms with Crippen molar-refractivity contribution >= 4 is 62.7 Å². The zero-order valence-electron chi connectivity index (χ0n) is 12.8. The van der Waals surface area contributed by atoms with Crippen LogP contribution in [0.25, 0.3) is 6.08 Å². The molecule has 1 aromatic heterocycles. The van der Waals surface area contributed by atoms with Gasteiger partial charge in [-0.05, 0) is 23.8 Å². The lowest BCUT2D eigenvalue weighted by atomic mass is 10.2. The van der Waals surface area contributed by atoms with Crippen LogP contribution in [-0.4, -0.2) is 37.7 Å². The Labute approximate surface area is 157 Å². The Morgan fingerprint density at radius 3 is 2.80 bits per heavy atom. The van der Waals surface area contributed by atoms with Crippen LogP contribution in [0, 0.1) is 0 Å². The number of thioether (sulfide) groups is 1. The highest BCUT2D eigenvalue weighted by molar-refractivity contribution is 8.26. The molecule has 9 heteroatoms. The van der Waals surface area contributed by atoms with E-state index in [0.717, 1.165) is 5.56 Å². The van der Waals surface area contributed by atoms with Crippen LogP contribution in [0.2, 0.25) is 0 Å². The average Bonchev–Trinajstić information content (AvgIpc) is 3.17. The summed E-state index contributed by atoms with van der Waals surface area (Å²) in [5.74, 6) is -0.271. The molecule has 0 radical (unpaired) electrons. The third kappa shape index (κ3) is 4.44. The fourth-order valence-corrected chi connectivity index (χ4v) is 3.95. The number of hydrogen-bond acceptors (Lipinski definition) is 7. The Balaban J connectivity index is 1.61. The summed E-state index contributed by atoms with van der Waals surface area (Å²) in [4.78, 5) is 30.3. The van der Waals surface area contributed by atoms with Gasteiger partial charge in [-0.25, -0.2) is 4.98 Å². The molecule has 0 saturated carbocycles. The molecule has 1 aliphatic heterocycles. The first kappa shape index (κ1) is 17.6. The summed E-state index contributed by atoms with van der Waals surface area (Å²) in [6.07, 6.45) is 3.46. The van der Waals surface area contributed by atoms with Crippen molar-refractivity contribution in [2.24, 2.45) is 0 Å². The first-order chi connectivity index (χ1) is 12.0. The van der Waals surface area contributed by atoms with E-state index >= 15 is 0 Å². The maximum Gasteiger partial charge on any atom is 0.266 e. The summed E-state index contributed by atoms with van der Waals surface area (Å²) in [5.41, 5.74) is 0.791. The summed E-state index contributed by atoms with van der Waals surface area (Å²) < 4.78 is 0.428. The largest absolute Gasteiger partial charge is 0.508 e. The topological polar surface area (TPSA) is 82.5 Å². The first-order valence-electron chi connectivity index (χ1n) is 7.26. The van der Waals surface area contributed by atoms with Crippen molar-refractivity contribution in [3.05, 3.63) is 46.3 Å². The molecule has 128 valence electrons. The highest BCUT2D eigenvalue weighted by Gasteiger charge is 2.32. The van der Waals surface area contributed by atoms with Crippen LogP contribution in [0.5, 0.6) is 5.75 Å². The molecule has 2 heterocycles. The van der Waals surface area contributed by atoms with Crippen molar-refractivity contribution in [2.45, 2.75) is 6.42 Å². The second-order valence-electron chi connectivity index (χ2n) is 5.06. The highest BCUT2D eigenvalue weighted by Crippen LogP contribution is 2.32. The number of aromatic nitrogens is 1. The van der Waals surface area contributed by atoms with E-state index in [-0.39, 0.29) is 30.5 Å². The van der Waals surface area contributed by atoms with Crippen LogP contribution in [0.3, 0.4) is 0 Å². The standard InChI is InChI=1S/C16H13N3O3S3/c20-11-3-1-10(2-4-11)9-12-14(22)19(16(23)25-12)7-5-13(21)18-15-17-6-8-24-15/h1-4,6,8-9,20H,5,7H2,(H,17,18,21)/b12-9-. The summed E-state index contributed by atoms with van der Waals surface area (Å²) >= 11 is 7.78. The van der Waals surface area contributed by atoms with Crippen LogP contribution in [-0.2, 0) is 9.59 Å². The van der Waals surface area contributed by atoms with Crippen LogP contribution in [0.1, 0.15) is 12.0 Å². The van der Waals surface area contributed by atoms with E-state index in [9.17, 15) is 14.7 Å². The summed E-state index contributed by atoms with van der Waals surface area (Å²) in [5, 5.41) is 14.3. The molecule has 6 nitrogen and oxygen atoms in total. The Morgan fingerprint density at radius 1 is 1.36 bits per heavy atom. The normalized spacial score (nSPS) is 15.8. The van der Waals surface area contributed by atoms with E-state index < -0.39 is 0 Å². The van der Waals surface area contributed by atoms with Gasteiger partial charge in [0.2, 0.25) is 5.91 Å². The van der Waals surface area contributed by atoms with Gasteiger partial charge in [-0.2, -0.15) is 0 Å². The maximum atomic E-state index is 12.5. The minimum absolute atomic E-state index is 0.137. The Bertz CT molecular complexity index is 832. The smallest absolute Gasteiger partial charge is 0.266 e. The Morgan fingerprint density at radius 2 is 2.12 bits per heavy atom. The fraction of sp³-hybridized carbons (Fsp3) is 0.125. The number of thiazole rings is 1. The number of hydrogen-bond donors (Lipinski definition) is 2. The number of amides is 2. The molecular weight excluding hydrogens is 378 g/mol. The van der Waals surface area contributed by atoms with Gasteiger partial charge in [-0.1, -0.05) is 36.1 Å². The molecule has 0 unspecified atom stereocenters. The number of carbonyl (C=O) groups excluding carboxylic acids is 2. The monoisotopic (exact) mass is 391 g/mol. The number of nitrogens with one attached hydrogen (secondary N) is 1. The molecule has 2 aromatic rings. The van der Waals surface area contributed by atoms with Crippen molar-refractivity contribution in [1.82, 2.24) is 9.88 Å². The zero-order chi connectivity index (χ0) is 17.8. The van der Waals surface area contributed by atoms with Crippen molar-refractivity contribution in [1.29, 1.82) is 0 Å². The molecule has 1 saturated heterocycles.